The lowest BCUT2D eigenvalue weighted by atomic mass is 10.4. The fraction of sp³-hybridized carbons (Fsp3) is 1.00. The molecule has 0 bridgehead atoms. The van der Waals surface area contributed by atoms with E-state index in [1.807, 2.05) is 0 Å². The molecule has 0 amide bonds. The van der Waals surface area contributed by atoms with Crippen molar-refractivity contribution in [1.29, 1.82) is 0 Å². The maximum absolute atomic E-state index is 2.85. The van der Waals surface area contributed by atoms with Crippen LogP contribution in [0.5, 0.6) is 0 Å². The van der Waals surface area contributed by atoms with Gasteiger partial charge in [0.15, 0.2) is 0 Å². The summed E-state index contributed by atoms with van der Waals surface area (Å²) >= 11 is 0. The molecule has 0 aliphatic heterocycles. The molecule has 1 nitrogen and oxygen atoms in total. The monoisotopic (exact) mass is 243 g/mol. The third-order valence-corrected chi connectivity index (χ3v) is 9.94. The molecule has 0 aliphatic carbocycles. The lowest BCUT2D eigenvalue weighted by molar-refractivity contribution is 0.449. The van der Waals surface area contributed by atoms with Gasteiger partial charge in [0.25, 0.3) is 0 Å². The Hall–Kier alpha value is 0.177. The molecule has 0 aliphatic rings. The second-order valence-corrected chi connectivity index (χ2v) is 9.75. The van der Waals surface area contributed by atoms with Crippen molar-refractivity contribution in [3.63, 3.8) is 0 Å². The van der Waals surface area contributed by atoms with Crippen LogP contribution < -0.4 is 0 Å². The molecule has 0 radical (unpaired) electrons. The van der Waals surface area contributed by atoms with Gasteiger partial charge in [0.1, 0.15) is 8.24 Å². The summed E-state index contributed by atoms with van der Waals surface area (Å²) in [6, 6.07) is 4.51. The van der Waals surface area contributed by atoms with Gasteiger partial charge >= 0.3 is 0 Å². The Kier molecular flexibility index (Phi) is 9.33. The summed E-state index contributed by atoms with van der Waals surface area (Å²) in [5, 5.41) is 0. The molecular weight excluding hydrogens is 210 g/mol. The van der Waals surface area contributed by atoms with Crippen molar-refractivity contribution in [2.24, 2.45) is 0 Å². The summed E-state index contributed by atoms with van der Waals surface area (Å²) in [6.07, 6.45) is 5.62. The van der Waals surface area contributed by atoms with E-state index in [0.717, 1.165) is 0 Å². The van der Waals surface area contributed by atoms with Crippen molar-refractivity contribution < 1.29 is 0 Å². The minimum absolute atomic E-state index is 1.11. The van der Waals surface area contributed by atoms with Crippen LogP contribution in [0, 0.1) is 0 Å². The van der Waals surface area contributed by atoms with Crippen LogP contribution in [0.4, 0.5) is 0 Å². The molecule has 0 aromatic heterocycles. The number of unbranched alkanes of at least 4 members (excludes halogenated alkanes) is 2. The first-order valence-corrected chi connectivity index (χ1v) is 10.0. The van der Waals surface area contributed by atoms with Gasteiger partial charge < -0.3 is 4.57 Å². The first kappa shape index (κ1) is 16.2. The molecule has 0 N–H and O–H groups in total. The Balaban J connectivity index is 4.62. The Morgan fingerprint density at radius 3 is 1.44 bits per heavy atom. The molecule has 0 aromatic carbocycles. The number of hydrogen-bond donors (Lipinski definition) is 0. The van der Waals surface area contributed by atoms with Gasteiger partial charge in [-0.15, -0.1) is 0 Å². The second-order valence-electron chi connectivity index (χ2n) is 4.96. The molecule has 16 heavy (non-hydrogen) atoms. The number of nitrogens with zero attached hydrogens (tertiary/aromatic N) is 1. The highest BCUT2D eigenvalue weighted by atomic mass is 28.3. The van der Waals surface area contributed by atoms with E-state index >= 15 is 0 Å². The smallest absolute Gasteiger partial charge is 0.128 e. The van der Waals surface area contributed by atoms with Crippen molar-refractivity contribution in [3.05, 3.63) is 0 Å². The van der Waals surface area contributed by atoms with E-state index in [2.05, 4.69) is 39.2 Å². The second kappa shape index (κ2) is 9.23. The summed E-state index contributed by atoms with van der Waals surface area (Å²) in [5.74, 6) is 0. The van der Waals surface area contributed by atoms with Gasteiger partial charge in [-0.05, 0) is 31.2 Å². The Morgan fingerprint density at radius 2 is 1.19 bits per heavy atom. The first-order chi connectivity index (χ1) is 7.70. The van der Waals surface area contributed by atoms with Crippen LogP contribution in [0.25, 0.3) is 0 Å². The molecule has 0 unspecified atom stereocenters. The minimum Gasteiger partial charge on any atom is -0.324 e. The van der Waals surface area contributed by atoms with Gasteiger partial charge in [0.05, 0.1) is 0 Å². The third-order valence-electron chi connectivity index (χ3n) is 4.08. The highest BCUT2D eigenvalue weighted by Crippen LogP contribution is 2.29. The maximum Gasteiger partial charge on any atom is 0.128 e. The summed E-state index contributed by atoms with van der Waals surface area (Å²) < 4.78 is 2.85. The molecule has 0 heterocycles. The first-order valence-electron chi connectivity index (χ1n) is 7.45. The molecular formula is C14H33NSi. The molecule has 0 fully saturated rings. The zero-order valence-corrected chi connectivity index (χ0v) is 13.3. The Bertz CT molecular complexity index is 147. The summed E-state index contributed by atoms with van der Waals surface area (Å²) in [6.45, 7) is 14.3. The highest BCUT2D eigenvalue weighted by Gasteiger charge is 2.34. The third kappa shape index (κ3) is 4.58. The van der Waals surface area contributed by atoms with Crippen molar-refractivity contribution in [3.8, 4) is 0 Å². The van der Waals surface area contributed by atoms with E-state index in [9.17, 15) is 0 Å². The van der Waals surface area contributed by atoms with Crippen molar-refractivity contribution in [2.45, 2.75) is 78.4 Å². The van der Waals surface area contributed by atoms with Crippen LogP contribution in [0.2, 0.25) is 18.1 Å². The normalized spacial score (nSPS) is 12.4. The van der Waals surface area contributed by atoms with E-state index in [-0.39, 0.29) is 0 Å². The summed E-state index contributed by atoms with van der Waals surface area (Å²) in [5.41, 5.74) is 0. The minimum atomic E-state index is -1.11. The molecule has 0 spiro atoms. The van der Waals surface area contributed by atoms with Crippen LogP contribution >= 0.6 is 0 Å². The molecule has 2 heteroatoms. The van der Waals surface area contributed by atoms with Crippen LogP contribution in [-0.4, -0.2) is 25.9 Å². The lowest BCUT2D eigenvalue weighted by Gasteiger charge is -2.41. The summed E-state index contributed by atoms with van der Waals surface area (Å²) in [7, 11) is -1.11. The maximum atomic E-state index is 2.85. The van der Waals surface area contributed by atoms with E-state index in [1.54, 1.807) is 0 Å². The fourth-order valence-electron chi connectivity index (χ4n) is 2.92. The van der Waals surface area contributed by atoms with Gasteiger partial charge in [-0.1, -0.05) is 60.3 Å². The van der Waals surface area contributed by atoms with E-state index in [0.29, 0.717) is 0 Å². The predicted octanol–water partition coefficient (Wildman–Crippen LogP) is 4.89. The van der Waals surface area contributed by atoms with Crippen LogP contribution in [-0.2, 0) is 0 Å². The zero-order chi connectivity index (χ0) is 12.4. The highest BCUT2D eigenvalue weighted by molar-refractivity contribution is 6.77. The summed E-state index contributed by atoms with van der Waals surface area (Å²) in [4.78, 5) is 0. The molecule has 0 atom stereocenters. The largest absolute Gasteiger partial charge is 0.324 e. The quantitative estimate of drug-likeness (QED) is 0.494. The van der Waals surface area contributed by atoms with Crippen molar-refractivity contribution >= 4 is 8.24 Å². The molecule has 98 valence electrons. The molecule has 0 aromatic rings. The van der Waals surface area contributed by atoms with Crippen LogP contribution in [0.1, 0.15) is 60.3 Å². The Labute approximate surface area is 105 Å². The van der Waals surface area contributed by atoms with Crippen LogP contribution in [0.3, 0.4) is 0 Å². The van der Waals surface area contributed by atoms with Gasteiger partial charge in [-0.25, -0.2) is 0 Å². The van der Waals surface area contributed by atoms with Gasteiger partial charge in [-0.3, -0.25) is 0 Å². The van der Waals surface area contributed by atoms with E-state index < -0.39 is 8.24 Å². The average Bonchev–Trinajstić information content (AvgIpc) is 2.33. The SMILES string of the molecule is CCCC[Si](CC)(CCCC)N(CC)CC. The average molecular weight is 244 g/mol. The van der Waals surface area contributed by atoms with Gasteiger partial charge in [-0.2, -0.15) is 0 Å². The molecule has 0 saturated carbocycles. The fourth-order valence-corrected chi connectivity index (χ4v) is 8.33. The van der Waals surface area contributed by atoms with E-state index in [4.69, 9.17) is 0 Å². The van der Waals surface area contributed by atoms with Gasteiger partial charge in [0, 0.05) is 0 Å². The van der Waals surface area contributed by atoms with Crippen molar-refractivity contribution in [1.82, 2.24) is 4.57 Å². The van der Waals surface area contributed by atoms with E-state index in [1.165, 1.54) is 56.9 Å². The predicted molar refractivity (Wildman–Crippen MR) is 78.6 cm³/mol. The zero-order valence-electron chi connectivity index (χ0n) is 12.3. The Morgan fingerprint density at radius 1 is 0.750 bits per heavy atom. The number of hydrogen-bond acceptors (Lipinski definition) is 1. The van der Waals surface area contributed by atoms with Crippen molar-refractivity contribution in [2.75, 3.05) is 13.1 Å². The topological polar surface area (TPSA) is 3.24 Å². The lowest BCUT2D eigenvalue weighted by Crippen LogP contribution is -2.52. The standard InChI is InChI=1S/C14H33NSi/c1-6-11-13-16(10-5,14-12-7-2)15(8-3)9-4/h6-14H2,1-5H3. The van der Waals surface area contributed by atoms with Crippen LogP contribution in [0.15, 0.2) is 0 Å². The molecule has 0 rings (SSSR count). The number of rotatable bonds is 10. The molecule has 0 saturated heterocycles. The van der Waals surface area contributed by atoms with Gasteiger partial charge in [0.2, 0.25) is 0 Å².